The van der Waals surface area contributed by atoms with E-state index in [4.69, 9.17) is 0 Å². The van der Waals surface area contributed by atoms with Crippen LogP contribution in [0, 0.1) is 5.82 Å². The first-order valence-electron chi connectivity index (χ1n) is 8.22. The summed E-state index contributed by atoms with van der Waals surface area (Å²) in [7, 11) is 1.71. The summed E-state index contributed by atoms with van der Waals surface area (Å²) >= 11 is 0. The molecular formula is C17H22FN5O. The Morgan fingerprint density at radius 2 is 2.25 bits per heavy atom. The summed E-state index contributed by atoms with van der Waals surface area (Å²) in [5.41, 5.74) is 0.527. The number of likely N-dealkylation sites (N-methyl/N-ethyl adjacent to an activating group) is 1. The molecule has 1 aliphatic heterocycles. The van der Waals surface area contributed by atoms with Gasteiger partial charge >= 0.3 is 0 Å². The summed E-state index contributed by atoms with van der Waals surface area (Å²) in [6, 6.07) is 6.64. The van der Waals surface area contributed by atoms with E-state index in [0.717, 1.165) is 31.6 Å². The smallest absolute Gasteiger partial charge is 0.236 e. The number of nitrogens with zero attached hydrogens (tertiary/aromatic N) is 4. The minimum atomic E-state index is -0.283. The molecule has 0 spiro atoms. The van der Waals surface area contributed by atoms with Crippen LogP contribution in [0.4, 0.5) is 4.39 Å². The van der Waals surface area contributed by atoms with Crippen LogP contribution >= 0.6 is 0 Å². The van der Waals surface area contributed by atoms with Crippen molar-refractivity contribution in [1.29, 1.82) is 0 Å². The van der Waals surface area contributed by atoms with E-state index in [1.165, 1.54) is 12.4 Å². The molecule has 128 valence electrons. The second kappa shape index (κ2) is 7.53. The summed E-state index contributed by atoms with van der Waals surface area (Å²) in [5, 5.41) is 6.82. The average Bonchev–Trinajstić information content (AvgIpc) is 3.11. The molecule has 1 N–H and O–H groups in total. The number of piperidine rings is 1. The number of hydrogen-bond donors (Lipinski definition) is 1. The fraction of sp³-hybridized carbons (Fsp3) is 0.471. The number of carbonyl (C=O) groups excluding carboxylic acids is 1. The van der Waals surface area contributed by atoms with Crippen molar-refractivity contribution in [2.45, 2.75) is 31.8 Å². The lowest BCUT2D eigenvalue weighted by Crippen LogP contribution is -2.42. The van der Waals surface area contributed by atoms with Crippen molar-refractivity contribution in [2.24, 2.45) is 0 Å². The summed E-state index contributed by atoms with van der Waals surface area (Å²) in [4.78, 5) is 20.5. The highest BCUT2D eigenvalue weighted by atomic mass is 19.1. The Morgan fingerprint density at radius 1 is 1.42 bits per heavy atom. The molecule has 1 aromatic heterocycles. The van der Waals surface area contributed by atoms with Gasteiger partial charge in [0.2, 0.25) is 5.91 Å². The Kier molecular flexibility index (Phi) is 5.20. The molecule has 1 atom stereocenters. The lowest BCUT2D eigenvalue weighted by Gasteiger charge is -2.34. The summed E-state index contributed by atoms with van der Waals surface area (Å²) < 4.78 is 13.8. The van der Waals surface area contributed by atoms with Crippen molar-refractivity contribution in [3.63, 3.8) is 0 Å². The van der Waals surface area contributed by atoms with Crippen molar-refractivity contribution < 1.29 is 9.18 Å². The van der Waals surface area contributed by atoms with Crippen LogP contribution in [0.15, 0.2) is 30.6 Å². The van der Waals surface area contributed by atoms with Crippen LogP contribution in [0.25, 0.3) is 0 Å². The van der Waals surface area contributed by atoms with Gasteiger partial charge in [0.05, 0.1) is 12.6 Å². The molecule has 2 heterocycles. The third-order valence-corrected chi connectivity index (χ3v) is 4.49. The minimum absolute atomic E-state index is 0.0235. The minimum Gasteiger partial charge on any atom is -0.340 e. The number of aromatic amines is 1. The van der Waals surface area contributed by atoms with Crippen LogP contribution in [0.2, 0.25) is 0 Å². The highest BCUT2D eigenvalue weighted by Crippen LogP contribution is 2.28. The number of nitrogens with one attached hydrogen (secondary N) is 1. The zero-order valence-corrected chi connectivity index (χ0v) is 13.8. The molecule has 3 rings (SSSR count). The van der Waals surface area contributed by atoms with Gasteiger partial charge in [0, 0.05) is 19.2 Å². The zero-order valence-electron chi connectivity index (χ0n) is 13.8. The van der Waals surface area contributed by atoms with Crippen molar-refractivity contribution in [2.75, 3.05) is 20.1 Å². The highest BCUT2D eigenvalue weighted by Gasteiger charge is 2.28. The first kappa shape index (κ1) is 16.6. The molecule has 24 heavy (non-hydrogen) atoms. The third-order valence-electron chi connectivity index (χ3n) is 4.49. The first-order valence-corrected chi connectivity index (χ1v) is 8.22. The molecule has 0 radical (unpaired) electrons. The number of hydrogen-bond acceptors (Lipinski definition) is 4. The van der Waals surface area contributed by atoms with Crippen LogP contribution in [0.1, 0.15) is 36.7 Å². The number of rotatable bonds is 5. The SMILES string of the molecule is CN(Cc1ccccc1F)C(=O)CN1CCCC[C@H]1c1ncn[nH]1. The Bertz CT molecular complexity index is 675. The molecule has 0 unspecified atom stereocenters. The topological polar surface area (TPSA) is 65.1 Å². The normalized spacial score (nSPS) is 18.5. The van der Waals surface area contributed by atoms with Gasteiger partial charge in [-0.1, -0.05) is 24.6 Å². The molecule has 2 aromatic rings. The lowest BCUT2D eigenvalue weighted by molar-refractivity contribution is -0.132. The monoisotopic (exact) mass is 331 g/mol. The molecule has 0 saturated carbocycles. The Morgan fingerprint density at radius 3 is 3.00 bits per heavy atom. The van der Waals surface area contributed by atoms with E-state index in [1.807, 2.05) is 0 Å². The van der Waals surface area contributed by atoms with Gasteiger partial charge in [-0.05, 0) is 25.5 Å². The number of likely N-dealkylation sites (tertiary alicyclic amines) is 1. The van der Waals surface area contributed by atoms with Crippen LogP contribution in [-0.4, -0.2) is 51.0 Å². The van der Waals surface area contributed by atoms with E-state index in [0.29, 0.717) is 12.1 Å². The largest absolute Gasteiger partial charge is 0.340 e. The first-order chi connectivity index (χ1) is 11.6. The number of aromatic nitrogens is 3. The fourth-order valence-electron chi connectivity index (χ4n) is 3.13. The van der Waals surface area contributed by atoms with Crippen molar-refractivity contribution in [3.05, 3.63) is 47.8 Å². The van der Waals surface area contributed by atoms with Gasteiger partial charge in [-0.15, -0.1) is 0 Å². The van der Waals surface area contributed by atoms with Gasteiger partial charge in [0.1, 0.15) is 18.0 Å². The van der Waals surface area contributed by atoms with Crippen molar-refractivity contribution in [3.8, 4) is 0 Å². The number of halogens is 1. The van der Waals surface area contributed by atoms with E-state index >= 15 is 0 Å². The Balaban J connectivity index is 1.63. The van der Waals surface area contributed by atoms with Crippen molar-refractivity contribution in [1.82, 2.24) is 25.0 Å². The van der Waals surface area contributed by atoms with Gasteiger partial charge in [0.25, 0.3) is 0 Å². The maximum absolute atomic E-state index is 13.8. The summed E-state index contributed by atoms with van der Waals surface area (Å²) in [5.74, 6) is 0.499. The van der Waals surface area contributed by atoms with Crippen molar-refractivity contribution >= 4 is 5.91 Å². The second-order valence-electron chi connectivity index (χ2n) is 6.19. The average molecular weight is 331 g/mol. The summed E-state index contributed by atoms with van der Waals surface area (Å²) in [6.45, 7) is 1.42. The molecule has 1 aromatic carbocycles. The lowest BCUT2D eigenvalue weighted by atomic mass is 10.0. The quantitative estimate of drug-likeness (QED) is 0.911. The Labute approximate surface area is 140 Å². The second-order valence-corrected chi connectivity index (χ2v) is 6.19. The van der Waals surface area contributed by atoms with Gasteiger partial charge < -0.3 is 4.90 Å². The highest BCUT2D eigenvalue weighted by molar-refractivity contribution is 5.78. The van der Waals surface area contributed by atoms with Crippen LogP contribution in [0.3, 0.4) is 0 Å². The molecule has 6 nitrogen and oxygen atoms in total. The van der Waals surface area contributed by atoms with Gasteiger partial charge in [-0.2, -0.15) is 5.10 Å². The molecule has 1 fully saturated rings. The molecule has 1 amide bonds. The third kappa shape index (κ3) is 3.79. The molecule has 0 aliphatic carbocycles. The van der Waals surface area contributed by atoms with Gasteiger partial charge in [-0.3, -0.25) is 14.8 Å². The number of H-pyrrole nitrogens is 1. The molecule has 1 aliphatic rings. The standard InChI is InChI=1S/C17H22FN5O/c1-22(10-13-6-2-3-7-14(13)18)16(24)11-23-9-5-4-8-15(23)17-19-12-20-21-17/h2-3,6-7,12,15H,4-5,8-11H2,1H3,(H,19,20,21)/t15-/m0/s1. The van der Waals surface area contributed by atoms with E-state index in [1.54, 1.807) is 30.1 Å². The molecule has 1 saturated heterocycles. The van der Waals surface area contributed by atoms with E-state index in [9.17, 15) is 9.18 Å². The van der Waals surface area contributed by atoms with Gasteiger partial charge in [0.15, 0.2) is 0 Å². The molecular weight excluding hydrogens is 309 g/mol. The molecule has 0 bridgehead atoms. The predicted molar refractivity (Wildman–Crippen MR) is 87.4 cm³/mol. The maximum atomic E-state index is 13.8. The maximum Gasteiger partial charge on any atom is 0.236 e. The number of benzene rings is 1. The molecule has 7 heteroatoms. The van der Waals surface area contributed by atoms with E-state index < -0.39 is 0 Å². The van der Waals surface area contributed by atoms with Gasteiger partial charge in [-0.25, -0.2) is 9.37 Å². The Hall–Kier alpha value is -2.28. The predicted octanol–water partition coefficient (Wildman–Crippen LogP) is 2.13. The zero-order chi connectivity index (χ0) is 16.9. The summed E-state index contributed by atoms with van der Waals surface area (Å²) in [6.07, 6.45) is 4.63. The number of carbonyl (C=O) groups is 1. The van der Waals surface area contributed by atoms with E-state index in [2.05, 4.69) is 20.1 Å². The number of amides is 1. The van der Waals surface area contributed by atoms with Crippen LogP contribution in [-0.2, 0) is 11.3 Å². The van der Waals surface area contributed by atoms with Crippen LogP contribution in [0.5, 0.6) is 0 Å². The van der Waals surface area contributed by atoms with E-state index in [-0.39, 0.29) is 24.3 Å². The van der Waals surface area contributed by atoms with Crippen LogP contribution < -0.4 is 0 Å². The fourth-order valence-corrected chi connectivity index (χ4v) is 3.13.